The lowest BCUT2D eigenvalue weighted by Gasteiger charge is -2.18. The molecule has 0 saturated carbocycles. The first-order valence-electron chi connectivity index (χ1n) is 5.13. The van der Waals surface area contributed by atoms with Gasteiger partial charge in [-0.1, -0.05) is 20.8 Å². The highest BCUT2D eigenvalue weighted by molar-refractivity contribution is 9.10. The number of hydrogen-bond donors (Lipinski definition) is 1. The molecule has 0 atom stereocenters. The van der Waals surface area contributed by atoms with Crippen LogP contribution in [0.1, 0.15) is 31.1 Å². The van der Waals surface area contributed by atoms with E-state index in [-0.39, 0.29) is 15.5 Å². The van der Waals surface area contributed by atoms with Crippen LogP contribution >= 0.6 is 15.9 Å². The van der Waals surface area contributed by atoms with Gasteiger partial charge in [0.2, 0.25) is 0 Å². The van der Waals surface area contributed by atoms with Crippen molar-refractivity contribution in [1.82, 2.24) is 5.32 Å². The van der Waals surface area contributed by atoms with E-state index in [1.54, 1.807) is 0 Å². The summed E-state index contributed by atoms with van der Waals surface area (Å²) in [6.07, 6.45) is 0. The first-order valence-corrected chi connectivity index (χ1v) is 5.93. The summed E-state index contributed by atoms with van der Waals surface area (Å²) in [5, 5.41) is 2.63. The molecule has 1 aromatic carbocycles. The van der Waals surface area contributed by atoms with Gasteiger partial charge in [-0.25, -0.2) is 8.78 Å². The van der Waals surface area contributed by atoms with E-state index in [9.17, 15) is 13.6 Å². The largest absolute Gasteiger partial charge is 0.352 e. The Morgan fingerprint density at radius 1 is 1.29 bits per heavy atom. The maximum absolute atomic E-state index is 13.2. The highest BCUT2D eigenvalue weighted by Gasteiger charge is 2.16. The van der Waals surface area contributed by atoms with Crippen LogP contribution in [0.4, 0.5) is 8.78 Å². The van der Waals surface area contributed by atoms with Gasteiger partial charge in [0.1, 0.15) is 11.6 Å². The highest BCUT2D eigenvalue weighted by atomic mass is 79.9. The third-order valence-electron chi connectivity index (χ3n) is 2.03. The van der Waals surface area contributed by atoms with Crippen molar-refractivity contribution in [2.75, 3.05) is 6.54 Å². The second-order valence-corrected chi connectivity index (χ2v) is 5.79. The van der Waals surface area contributed by atoms with E-state index >= 15 is 0 Å². The predicted octanol–water partition coefficient (Wildman–Crippen LogP) is 3.50. The van der Waals surface area contributed by atoms with E-state index in [1.165, 1.54) is 0 Å². The summed E-state index contributed by atoms with van der Waals surface area (Å²) in [6, 6.07) is 2.01. The molecule has 1 rings (SSSR count). The van der Waals surface area contributed by atoms with Crippen LogP contribution in [-0.2, 0) is 0 Å². The molecule has 0 heterocycles. The van der Waals surface area contributed by atoms with Gasteiger partial charge >= 0.3 is 0 Å². The fourth-order valence-electron chi connectivity index (χ4n) is 1.13. The summed E-state index contributed by atoms with van der Waals surface area (Å²) in [4.78, 5) is 11.6. The Morgan fingerprint density at radius 3 is 2.18 bits per heavy atom. The van der Waals surface area contributed by atoms with Crippen LogP contribution in [0.15, 0.2) is 16.6 Å². The molecule has 0 fully saturated rings. The van der Waals surface area contributed by atoms with Crippen molar-refractivity contribution in [3.8, 4) is 0 Å². The summed E-state index contributed by atoms with van der Waals surface area (Å²) in [6.45, 7) is 6.30. The standard InChI is InChI=1S/C12H14BrF2NO/c1-12(2,3)6-16-11(17)7-4-8(14)10(13)9(15)5-7/h4-5H,6H2,1-3H3,(H,16,17). The molecule has 0 aliphatic carbocycles. The van der Waals surface area contributed by atoms with Gasteiger partial charge in [-0.15, -0.1) is 0 Å². The fraction of sp³-hybridized carbons (Fsp3) is 0.417. The number of rotatable bonds is 2. The van der Waals surface area contributed by atoms with Gasteiger partial charge in [-0.2, -0.15) is 0 Å². The van der Waals surface area contributed by atoms with E-state index in [0.29, 0.717) is 6.54 Å². The molecule has 2 nitrogen and oxygen atoms in total. The maximum atomic E-state index is 13.2. The summed E-state index contributed by atoms with van der Waals surface area (Å²) in [7, 11) is 0. The number of halogens is 3. The van der Waals surface area contributed by atoms with Gasteiger partial charge in [0.15, 0.2) is 0 Å². The number of carbonyl (C=O) groups is 1. The lowest BCUT2D eigenvalue weighted by atomic mass is 9.97. The Labute approximate surface area is 108 Å². The number of benzene rings is 1. The van der Waals surface area contributed by atoms with Crippen molar-refractivity contribution in [2.24, 2.45) is 5.41 Å². The van der Waals surface area contributed by atoms with Crippen LogP contribution in [0.3, 0.4) is 0 Å². The molecular weight excluding hydrogens is 292 g/mol. The number of carbonyl (C=O) groups excluding carboxylic acids is 1. The highest BCUT2D eigenvalue weighted by Crippen LogP contribution is 2.21. The van der Waals surface area contributed by atoms with E-state index in [1.807, 2.05) is 20.8 Å². The zero-order valence-corrected chi connectivity index (χ0v) is 11.5. The molecule has 17 heavy (non-hydrogen) atoms. The second-order valence-electron chi connectivity index (χ2n) is 5.00. The zero-order valence-electron chi connectivity index (χ0n) is 9.90. The molecule has 0 aliphatic rings. The molecular formula is C12H14BrF2NO. The van der Waals surface area contributed by atoms with E-state index in [0.717, 1.165) is 12.1 Å². The molecule has 0 bridgehead atoms. The van der Waals surface area contributed by atoms with Crippen LogP contribution in [0.25, 0.3) is 0 Å². The van der Waals surface area contributed by atoms with Crippen LogP contribution in [0.2, 0.25) is 0 Å². The molecule has 5 heteroatoms. The van der Waals surface area contributed by atoms with Crippen LogP contribution in [0, 0.1) is 17.0 Å². The Bertz CT molecular complexity index is 418. The summed E-state index contributed by atoms with van der Waals surface area (Å²) < 4.78 is 26.2. The Hall–Kier alpha value is -0.970. The molecule has 0 radical (unpaired) electrons. The Kier molecular flexibility index (Phi) is 4.25. The monoisotopic (exact) mass is 305 g/mol. The number of amides is 1. The third kappa shape index (κ3) is 4.07. The predicted molar refractivity (Wildman–Crippen MR) is 65.8 cm³/mol. The Morgan fingerprint density at radius 2 is 1.76 bits per heavy atom. The van der Waals surface area contributed by atoms with Crippen LogP contribution < -0.4 is 5.32 Å². The van der Waals surface area contributed by atoms with Crippen LogP contribution in [0.5, 0.6) is 0 Å². The number of hydrogen-bond acceptors (Lipinski definition) is 1. The van der Waals surface area contributed by atoms with Crippen molar-refractivity contribution in [3.63, 3.8) is 0 Å². The van der Waals surface area contributed by atoms with Crippen LogP contribution in [-0.4, -0.2) is 12.5 Å². The summed E-state index contributed by atoms with van der Waals surface area (Å²) >= 11 is 2.75. The van der Waals surface area contributed by atoms with Gasteiger partial charge in [0, 0.05) is 12.1 Å². The fourth-order valence-corrected chi connectivity index (χ4v) is 1.36. The average molecular weight is 306 g/mol. The molecule has 1 amide bonds. The quantitative estimate of drug-likeness (QED) is 0.833. The SMILES string of the molecule is CC(C)(C)CNC(=O)c1cc(F)c(Br)c(F)c1. The molecule has 1 N–H and O–H groups in total. The second kappa shape index (κ2) is 5.12. The summed E-state index contributed by atoms with van der Waals surface area (Å²) in [5.74, 6) is -2.05. The van der Waals surface area contributed by atoms with E-state index in [4.69, 9.17) is 0 Å². The lowest BCUT2D eigenvalue weighted by molar-refractivity contribution is 0.0938. The van der Waals surface area contributed by atoms with Crippen molar-refractivity contribution in [3.05, 3.63) is 33.8 Å². The maximum Gasteiger partial charge on any atom is 0.251 e. The molecule has 0 aromatic heterocycles. The van der Waals surface area contributed by atoms with Crippen molar-refractivity contribution in [1.29, 1.82) is 0 Å². The minimum Gasteiger partial charge on any atom is -0.352 e. The minimum absolute atomic E-state index is 0.0209. The van der Waals surface area contributed by atoms with Crippen molar-refractivity contribution >= 4 is 21.8 Å². The van der Waals surface area contributed by atoms with E-state index in [2.05, 4.69) is 21.2 Å². The average Bonchev–Trinajstić information content (AvgIpc) is 2.20. The number of nitrogens with one attached hydrogen (secondary N) is 1. The molecule has 0 saturated heterocycles. The zero-order chi connectivity index (χ0) is 13.2. The summed E-state index contributed by atoms with van der Waals surface area (Å²) in [5.41, 5.74) is -0.102. The first-order chi connectivity index (χ1) is 7.70. The topological polar surface area (TPSA) is 29.1 Å². The molecule has 1 aromatic rings. The molecule has 0 unspecified atom stereocenters. The molecule has 0 aliphatic heterocycles. The van der Waals surface area contributed by atoms with E-state index < -0.39 is 17.5 Å². The van der Waals surface area contributed by atoms with Gasteiger partial charge in [0.05, 0.1) is 4.47 Å². The minimum atomic E-state index is -0.786. The van der Waals surface area contributed by atoms with Crippen molar-refractivity contribution in [2.45, 2.75) is 20.8 Å². The van der Waals surface area contributed by atoms with Gasteiger partial charge in [-0.05, 0) is 33.5 Å². The van der Waals surface area contributed by atoms with Gasteiger partial charge in [-0.3, -0.25) is 4.79 Å². The molecule has 94 valence electrons. The van der Waals surface area contributed by atoms with Gasteiger partial charge < -0.3 is 5.32 Å². The Balaban J connectivity index is 2.84. The van der Waals surface area contributed by atoms with Crippen molar-refractivity contribution < 1.29 is 13.6 Å². The first kappa shape index (κ1) is 14.1. The smallest absolute Gasteiger partial charge is 0.251 e. The normalized spacial score (nSPS) is 11.4. The van der Waals surface area contributed by atoms with Gasteiger partial charge in [0.25, 0.3) is 5.91 Å². The third-order valence-corrected chi connectivity index (χ3v) is 2.78. The molecule has 0 spiro atoms. The lowest BCUT2D eigenvalue weighted by Crippen LogP contribution is -2.32.